The Morgan fingerprint density at radius 2 is 1.60 bits per heavy atom. The maximum Gasteiger partial charge on any atom is 0.127 e. The van der Waals surface area contributed by atoms with E-state index in [9.17, 15) is 0 Å². The van der Waals surface area contributed by atoms with E-state index in [2.05, 4.69) is 33.4 Å². The maximum absolute atomic E-state index is 5.49. The first-order valence-corrected chi connectivity index (χ1v) is 7.14. The summed E-state index contributed by atoms with van der Waals surface area (Å²) in [6.07, 6.45) is 0. The fourth-order valence-corrected chi connectivity index (χ4v) is 2.75. The minimum absolute atomic E-state index is 0.00130. The van der Waals surface area contributed by atoms with E-state index in [-0.39, 0.29) is 6.04 Å². The quantitative estimate of drug-likeness (QED) is 0.902. The van der Waals surface area contributed by atoms with Gasteiger partial charge in [0.05, 0.1) is 25.8 Å². The molecule has 0 bridgehead atoms. The molecule has 1 unspecified atom stereocenters. The second-order valence-electron chi connectivity index (χ2n) is 4.35. The lowest BCUT2D eigenvalue weighted by Crippen LogP contribution is -2.19. The van der Waals surface area contributed by atoms with Gasteiger partial charge in [-0.05, 0) is 36.9 Å². The molecule has 0 saturated heterocycles. The summed E-state index contributed by atoms with van der Waals surface area (Å²) in [5, 5.41) is 3.33. The highest BCUT2D eigenvalue weighted by molar-refractivity contribution is 9.10. The van der Waals surface area contributed by atoms with E-state index < -0.39 is 0 Å². The molecule has 3 nitrogen and oxygen atoms in total. The molecule has 2 aromatic carbocycles. The van der Waals surface area contributed by atoms with Crippen molar-refractivity contribution in [3.63, 3.8) is 0 Å². The van der Waals surface area contributed by atoms with Crippen molar-refractivity contribution in [2.45, 2.75) is 6.04 Å². The zero-order valence-electron chi connectivity index (χ0n) is 11.8. The molecule has 1 atom stereocenters. The van der Waals surface area contributed by atoms with Crippen LogP contribution in [-0.2, 0) is 0 Å². The van der Waals surface area contributed by atoms with E-state index in [4.69, 9.17) is 9.47 Å². The molecule has 0 saturated carbocycles. The number of benzene rings is 2. The minimum atomic E-state index is -0.00130. The van der Waals surface area contributed by atoms with Crippen LogP contribution in [0.1, 0.15) is 17.2 Å². The van der Waals surface area contributed by atoms with Gasteiger partial charge in [0.15, 0.2) is 0 Å². The zero-order chi connectivity index (χ0) is 14.5. The van der Waals surface area contributed by atoms with Crippen molar-refractivity contribution in [3.8, 4) is 11.5 Å². The molecular formula is C16H18BrNO2. The van der Waals surface area contributed by atoms with Crippen LogP contribution in [-0.4, -0.2) is 21.3 Å². The van der Waals surface area contributed by atoms with Gasteiger partial charge in [-0.3, -0.25) is 0 Å². The van der Waals surface area contributed by atoms with Gasteiger partial charge in [-0.2, -0.15) is 0 Å². The Labute approximate surface area is 128 Å². The fourth-order valence-electron chi connectivity index (χ4n) is 2.33. The summed E-state index contributed by atoms with van der Waals surface area (Å²) in [5.41, 5.74) is 2.14. The Hall–Kier alpha value is -1.52. The van der Waals surface area contributed by atoms with Gasteiger partial charge in [0.2, 0.25) is 0 Å². The Bertz CT molecular complexity index is 564. The topological polar surface area (TPSA) is 30.5 Å². The number of nitrogens with one attached hydrogen (secondary N) is 1. The number of ether oxygens (including phenoxy) is 2. The number of halogens is 1. The van der Waals surface area contributed by atoms with Gasteiger partial charge in [-0.25, -0.2) is 0 Å². The maximum atomic E-state index is 5.49. The Balaban J connectivity index is 2.57. The first-order chi connectivity index (χ1) is 9.71. The lowest BCUT2D eigenvalue weighted by molar-refractivity contribution is 0.379. The largest absolute Gasteiger partial charge is 0.496 e. The highest BCUT2D eigenvalue weighted by atomic mass is 79.9. The van der Waals surface area contributed by atoms with E-state index in [0.29, 0.717) is 0 Å². The SMILES string of the molecule is CNC(c1cccc(Br)c1)c1c(OC)cccc1OC. The first-order valence-electron chi connectivity index (χ1n) is 6.35. The second-order valence-corrected chi connectivity index (χ2v) is 5.27. The molecule has 106 valence electrons. The number of hydrogen-bond acceptors (Lipinski definition) is 3. The Kier molecular flexibility index (Phi) is 5.04. The molecule has 2 rings (SSSR count). The molecule has 4 heteroatoms. The van der Waals surface area contributed by atoms with E-state index in [0.717, 1.165) is 27.1 Å². The van der Waals surface area contributed by atoms with Crippen LogP contribution < -0.4 is 14.8 Å². The van der Waals surface area contributed by atoms with Crippen molar-refractivity contribution in [1.82, 2.24) is 5.32 Å². The molecule has 0 aliphatic heterocycles. The average molecular weight is 336 g/mol. The minimum Gasteiger partial charge on any atom is -0.496 e. The highest BCUT2D eigenvalue weighted by Gasteiger charge is 2.21. The summed E-state index contributed by atoms with van der Waals surface area (Å²) < 4.78 is 12.0. The van der Waals surface area contributed by atoms with Crippen LogP contribution in [0.2, 0.25) is 0 Å². The van der Waals surface area contributed by atoms with Gasteiger partial charge < -0.3 is 14.8 Å². The molecular weight excluding hydrogens is 318 g/mol. The monoisotopic (exact) mass is 335 g/mol. The predicted octanol–water partition coefficient (Wildman–Crippen LogP) is 3.78. The van der Waals surface area contributed by atoms with Crippen molar-refractivity contribution < 1.29 is 9.47 Å². The zero-order valence-corrected chi connectivity index (χ0v) is 13.4. The molecule has 2 aromatic rings. The van der Waals surface area contributed by atoms with Crippen LogP contribution in [0.25, 0.3) is 0 Å². The van der Waals surface area contributed by atoms with Crippen molar-refractivity contribution in [2.24, 2.45) is 0 Å². The normalized spacial score (nSPS) is 12.0. The van der Waals surface area contributed by atoms with Gasteiger partial charge in [0.25, 0.3) is 0 Å². The standard InChI is InChI=1S/C16H18BrNO2/c1-18-16(11-6-4-7-12(17)10-11)15-13(19-2)8-5-9-14(15)20-3/h4-10,16,18H,1-3H3. The molecule has 0 heterocycles. The van der Waals surface area contributed by atoms with Gasteiger partial charge in [0.1, 0.15) is 11.5 Å². The van der Waals surface area contributed by atoms with Crippen LogP contribution in [0.3, 0.4) is 0 Å². The lowest BCUT2D eigenvalue weighted by Gasteiger charge is -2.22. The molecule has 0 aliphatic carbocycles. The summed E-state index contributed by atoms with van der Waals surface area (Å²) >= 11 is 3.51. The summed E-state index contributed by atoms with van der Waals surface area (Å²) in [7, 11) is 5.27. The molecule has 0 aromatic heterocycles. The van der Waals surface area contributed by atoms with E-state index in [1.807, 2.05) is 37.4 Å². The molecule has 0 amide bonds. The third kappa shape index (κ3) is 2.97. The van der Waals surface area contributed by atoms with Gasteiger partial charge >= 0.3 is 0 Å². The Morgan fingerprint density at radius 1 is 1.00 bits per heavy atom. The van der Waals surface area contributed by atoms with E-state index in [1.165, 1.54) is 0 Å². The van der Waals surface area contributed by atoms with Crippen LogP contribution in [0.5, 0.6) is 11.5 Å². The van der Waals surface area contributed by atoms with E-state index in [1.54, 1.807) is 14.2 Å². The third-order valence-corrected chi connectivity index (χ3v) is 3.72. The Morgan fingerprint density at radius 3 is 2.10 bits per heavy atom. The smallest absolute Gasteiger partial charge is 0.127 e. The van der Waals surface area contributed by atoms with E-state index >= 15 is 0 Å². The van der Waals surface area contributed by atoms with Gasteiger partial charge in [-0.1, -0.05) is 34.1 Å². The van der Waals surface area contributed by atoms with Crippen molar-refractivity contribution >= 4 is 15.9 Å². The molecule has 0 radical (unpaired) electrons. The van der Waals surface area contributed by atoms with Crippen LogP contribution >= 0.6 is 15.9 Å². The highest BCUT2D eigenvalue weighted by Crippen LogP contribution is 2.37. The summed E-state index contributed by atoms with van der Waals surface area (Å²) in [6.45, 7) is 0. The van der Waals surface area contributed by atoms with Gasteiger partial charge in [0, 0.05) is 4.47 Å². The first kappa shape index (κ1) is 14.9. The summed E-state index contributed by atoms with van der Waals surface area (Å²) in [5.74, 6) is 1.62. The van der Waals surface area contributed by atoms with Crippen molar-refractivity contribution in [3.05, 3.63) is 58.1 Å². The van der Waals surface area contributed by atoms with Crippen LogP contribution in [0.15, 0.2) is 46.9 Å². The van der Waals surface area contributed by atoms with Crippen LogP contribution in [0.4, 0.5) is 0 Å². The van der Waals surface area contributed by atoms with Crippen LogP contribution in [0, 0.1) is 0 Å². The molecule has 0 spiro atoms. The third-order valence-electron chi connectivity index (χ3n) is 3.23. The predicted molar refractivity (Wildman–Crippen MR) is 84.6 cm³/mol. The molecule has 1 N–H and O–H groups in total. The van der Waals surface area contributed by atoms with Crippen molar-refractivity contribution in [1.29, 1.82) is 0 Å². The summed E-state index contributed by atoms with van der Waals surface area (Å²) in [4.78, 5) is 0. The lowest BCUT2D eigenvalue weighted by atomic mass is 9.97. The molecule has 0 aliphatic rings. The fraction of sp³-hybridized carbons (Fsp3) is 0.250. The summed E-state index contributed by atoms with van der Waals surface area (Å²) in [6, 6.07) is 14.0. The number of hydrogen-bond donors (Lipinski definition) is 1. The number of rotatable bonds is 5. The molecule has 20 heavy (non-hydrogen) atoms. The number of methoxy groups -OCH3 is 2. The van der Waals surface area contributed by atoms with Gasteiger partial charge in [-0.15, -0.1) is 0 Å². The van der Waals surface area contributed by atoms with Crippen molar-refractivity contribution in [2.75, 3.05) is 21.3 Å². The second kappa shape index (κ2) is 6.77. The molecule has 0 fully saturated rings. The average Bonchev–Trinajstić information content (AvgIpc) is 2.48.